The monoisotopic (exact) mass is 278 g/mol. The first-order chi connectivity index (χ1) is 9.28. The Balaban J connectivity index is 3.01. The van der Waals surface area contributed by atoms with Crippen LogP contribution in [0.25, 0.3) is 0 Å². The fourth-order valence-electron chi connectivity index (χ4n) is 3.07. The van der Waals surface area contributed by atoms with Gasteiger partial charge in [-0.25, -0.2) is 0 Å². The predicted octanol–water partition coefficient (Wildman–Crippen LogP) is 5.95. The third-order valence-corrected chi connectivity index (χ3v) is 7.74. The molecule has 108 valence electrons. The van der Waals surface area contributed by atoms with Gasteiger partial charge in [0.15, 0.2) is 0 Å². The molecule has 1 rings (SSSR count). The van der Waals surface area contributed by atoms with E-state index in [0.717, 1.165) is 11.3 Å². The Hall–Kier alpha value is -0.350. The second-order valence-electron chi connectivity index (χ2n) is 5.44. The highest BCUT2D eigenvalue weighted by Crippen LogP contribution is 2.51. The maximum absolute atomic E-state index is 2.39. The molecule has 0 amide bonds. The molecular formula is C18H31P. The van der Waals surface area contributed by atoms with Gasteiger partial charge >= 0.3 is 0 Å². The van der Waals surface area contributed by atoms with Gasteiger partial charge in [0.25, 0.3) is 0 Å². The van der Waals surface area contributed by atoms with E-state index in [-0.39, 0.29) is 7.92 Å². The molecule has 0 N–H and O–H groups in total. The Morgan fingerprint density at radius 2 is 1.26 bits per heavy atom. The van der Waals surface area contributed by atoms with Crippen LogP contribution in [-0.4, -0.2) is 11.3 Å². The van der Waals surface area contributed by atoms with Crippen LogP contribution in [-0.2, 0) is 0 Å². The molecule has 0 aromatic heterocycles. The smallest absolute Gasteiger partial charge is 0.0169 e. The zero-order valence-electron chi connectivity index (χ0n) is 13.2. The average Bonchev–Trinajstić information content (AvgIpc) is 2.46. The second kappa shape index (κ2) is 9.54. The molecule has 0 nitrogen and oxygen atoms in total. The average molecular weight is 278 g/mol. The van der Waals surface area contributed by atoms with E-state index in [0.29, 0.717) is 0 Å². The minimum atomic E-state index is 0.00540. The van der Waals surface area contributed by atoms with E-state index in [4.69, 9.17) is 0 Å². The molecule has 19 heavy (non-hydrogen) atoms. The van der Waals surface area contributed by atoms with Gasteiger partial charge in [0.05, 0.1) is 0 Å². The van der Waals surface area contributed by atoms with Gasteiger partial charge in [-0.1, -0.05) is 78.8 Å². The molecule has 1 aromatic rings. The van der Waals surface area contributed by atoms with Crippen LogP contribution < -0.4 is 5.30 Å². The fourth-order valence-corrected chi connectivity index (χ4v) is 6.88. The molecule has 0 radical (unpaired) electrons. The normalized spacial score (nSPS) is 16.0. The van der Waals surface area contributed by atoms with E-state index in [1.54, 1.807) is 5.30 Å². The molecular weight excluding hydrogens is 247 g/mol. The highest BCUT2D eigenvalue weighted by molar-refractivity contribution is 7.67. The fraction of sp³-hybridized carbons (Fsp3) is 0.667. The highest BCUT2D eigenvalue weighted by atomic mass is 31.1. The molecule has 0 aliphatic heterocycles. The van der Waals surface area contributed by atoms with Gasteiger partial charge in [0, 0.05) is 0 Å². The van der Waals surface area contributed by atoms with Gasteiger partial charge in [0.1, 0.15) is 0 Å². The van der Waals surface area contributed by atoms with E-state index >= 15 is 0 Å². The molecule has 0 aliphatic rings. The first-order valence-corrected chi connectivity index (χ1v) is 9.59. The van der Waals surface area contributed by atoms with Crippen molar-refractivity contribution in [3.05, 3.63) is 30.3 Å². The van der Waals surface area contributed by atoms with Crippen molar-refractivity contribution >= 4 is 13.2 Å². The predicted molar refractivity (Wildman–Crippen MR) is 91.0 cm³/mol. The lowest BCUT2D eigenvalue weighted by atomic mass is 10.2. The molecule has 1 heteroatoms. The van der Waals surface area contributed by atoms with Crippen LogP contribution in [0, 0.1) is 0 Å². The molecule has 0 spiro atoms. The van der Waals surface area contributed by atoms with Crippen LogP contribution in [0.4, 0.5) is 0 Å². The maximum atomic E-state index is 2.39. The second-order valence-corrected chi connectivity index (χ2v) is 8.24. The molecule has 2 unspecified atom stereocenters. The molecule has 0 saturated carbocycles. The Kier molecular flexibility index (Phi) is 8.38. The van der Waals surface area contributed by atoms with Crippen molar-refractivity contribution in [1.82, 2.24) is 0 Å². The standard InChI is InChI=1S/C18H31P/c1-5-12-16(7-3)19(17(8-4)13-6-2)18-14-10-9-11-15-18/h9-11,14-17H,5-8,12-13H2,1-4H3. The minimum absolute atomic E-state index is 0.00540. The quantitative estimate of drug-likeness (QED) is 0.489. The number of hydrogen-bond donors (Lipinski definition) is 0. The van der Waals surface area contributed by atoms with E-state index < -0.39 is 0 Å². The van der Waals surface area contributed by atoms with Crippen LogP contribution in [0.1, 0.15) is 66.2 Å². The van der Waals surface area contributed by atoms with E-state index in [1.807, 2.05) is 0 Å². The third kappa shape index (κ3) is 4.92. The Morgan fingerprint density at radius 3 is 1.63 bits per heavy atom. The lowest BCUT2D eigenvalue weighted by molar-refractivity contribution is 0.670. The molecule has 0 saturated heterocycles. The molecule has 0 heterocycles. The number of rotatable bonds is 9. The van der Waals surface area contributed by atoms with Crippen molar-refractivity contribution in [3.63, 3.8) is 0 Å². The maximum Gasteiger partial charge on any atom is -0.0169 e. The SMILES string of the molecule is CCCC(CC)P(c1ccccc1)C(CC)CCC. The molecule has 2 atom stereocenters. The zero-order chi connectivity index (χ0) is 14.1. The summed E-state index contributed by atoms with van der Waals surface area (Å²) in [6, 6.07) is 11.4. The van der Waals surface area contributed by atoms with Gasteiger partial charge in [0.2, 0.25) is 0 Å². The molecule has 0 fully saturated rings. The minimum Gasteiger partial charge on any atom is -0.0690 e. The Morgan fingerprint density at radius 1 is 0.789 bits per heavy atom. The van der Waals surface area contributed by atoms with Gasteiger partial charge in [-0.3, -0.25) is 0 Å². The third-order valence-electron chi connectivity index (χ3n) is 4.03. The summed E-state index contributed by atoms with van der Waals surface area (Å²) in [7, 11) is 0.00540. The summed E-state index contributed by atoms with van der Waals surface area (Å²) < 4.78 is 0. The molecule has 0 aliphatic carbocycles. The van der Waals surface area contributed by atoms with Crippen molar-refractivity contribution in [3.8, 4) is 0 Å². The first-order valence-electron chi connectivity index (χ1n) is 8.11. The van der Waals surface area contributed by atoms with Crippen LogP contribution >= 0.6 is 7.92 Å². The van der Waals surface area contributed by atoms with Crippen LogP contribution in [0.5, 0.6) is 0 Å². The first kappa shape index (κ1) is 16.7. The molecule has 1 aromatic carbocycles. The summed E-state index contributed by atoms with van der Waals surface area (Å²) in [5.74, 6) is 0. The summed E-state index contributed by atoms with van der Waals surface area (Å²) in [5, 5.41) is 1.64. The van der Waals surface area contributed by atoms with E-state index in [9.17, 15) is 0 Å². The van der Waals surface area contributed by atoms with Crippen LogP contribution in [0.15, 0.2) is 30.3 Å². The summed E-state index contributed by atoms with van der Waals surface area (Å²) in [6.07, 6.45) is 8.14. The van der Waals surface area contributed by atoms with Gasteiger partial charge < -0.3 is 0 Å². The van der Waals surface area contributed by atoms with Crippen molar-refractivity contribution in [2.45, 2.75) is 77.5 Å². The largest absolute Gasteiger partial charge is 0.0690 e. The summed E-state index contributed by atoms with van der Waals surface area (Å²) in [4.78, 5) is 0. The summed E-state index contributed by atoms with van der Waals surface area (Å²) in [5.41, 5.74) is 1.83. The van der Waals surface area contributed by atoms with Crippen LogP contribution in [0.2, 0.25) is 0 Å². The van der Waals surface area contributed by atoms with Crippen molar-refractivity contribution < 1.29 is 0 Å². The van der Waals surface area contributed by atoms with Crippen molar-refractivity contribution in [1.29, 1.82) is 0 Å². The van der Waals surface area contributed by atoms with E-state index in [1.165, 1.54) is 38.5 Å². The van der Waals surface area contributed by atoms with Crippen molar-refractivity contribution in [2.24, 2.45) is 0 Å². The van der Waals surface area contributed by atoms with Crippen LogP contribution in [0.3, 0.4) is 0 Å². The lowest BCUT2D eigenvalue weighted by Gasteiger charge is -2.34. The lowest BCUT2D eigenvalue weighted by Crippen LogP contribution is -2.22. The Bertz CT molecular complexity index is 306. The Labute approximate surface area is 121 Å². The zero-order valence-corrected chi connectivity index (χ0v) is 14.1. The summed E-state index contributed by atoms with van der Waals surface area (Å²) >= 11 is 0. The number of benzene rings is 1. The van der Waals surface area contributed by atoms with Crippen molar-refractivity contribution in [2.75, 3.05) is 0 Å². The van der Waals surface area contributed by atoms with Gasteiger partial charge in [-0.2, -0.15) is 0 Å². The topological polar surface area (TPSA) is 0 Å². The van der Waals surface area contributed by atoms with E-state index in [2.05, 4.69) is 58.0 Å². The highest BCUT2D eigenvalue weighted by Gasteiger charge is 2.27. The van der Waals surface area contributed by atoms with Gasteiger partial charge in [-0.15, -0.1) is 0 Å². The van der Waals surface area contributed by atoms with Gasteiger partial charge in [-0.05, 0) is 42.3 Å². The number of hydrogen-bond acceptors (Lipinski definition) is 0. The summed E-state index contributed by atoms with van der Waals surface area (Å²) in [6.45, 7) is 9.44. The molecule has 0 bridgehead atoms.